The second-order valence-corrected chi connectivity index (χ2v) is 14.4. The van der Waals surface area contributed by atoms with E-state index in [1.54, 1.807) is 4.90 Å². The highest BCUT2D eigenvalue weighted by atomic mass is 16.5. The summed E-state index contributed by atoms with van der Waals surface area (Å²) in [5.41, 5.74) is 6.27. The van der Waals surface area contributed by atoms with Gasteiger partial charge in [-0.15, -0.1) is 0 Å². The van der Waals surface area contributed by atoms with E-state index in [9.17, 15) is 20.1 Å². The van der Waals surface area contributed by atoms with Gasteiger partial charge in [0.25, 0.3) is 0 Å². The van der Waals surface area contributed by atoms with Gasteiger partial charge in [0.1, 0.15) is 18.3 Å². The lowest BCUT2D eigenvalue weighted by atomic mass is 9.96. The lowest BCUT2D eigenvalue weighted by Gasteiger charge is -2.45. The van der Waals surface area contributed by atoms with Crippen LogP contribution in [0.25, 0.3) is 0 Å². The molecular weight excluding hydrogens is 590 g/mol. The van der Waals surface area contributed by atoms with Gasteiger partial charge in [-0.2, -0.15) is 0 Å². The summed E-state index contributed by atoms with van der Waals surface area (Å²) in [6.07, 6.45) is 31.3. The van der Waals surface area contributed by atoms with Crippen molar-refractivity contribution in [1.29, 1.82) is 0 Å². The number of hydrogen-bond donors (Lipinski definition) is 5. The maximum atomic E-state index is 13.3. The van der Waals surface area contributed by atoms with Gasteiger partial charge in [0.15, 0.2) is 6.23 Å². The first-order valence-electron chi connectivity index (χ1n) is 20.4. The molecule has 8 heteroatoms. The molecule has 5 atom stereocenters. The lowest BCUT2D eigenvalue weighted by molar-refractivity contribution is -0.218. The number of amides is 2. The molecule has 6 N–H and O–H groups in total. The molecule has 0 spiro atoms. The molecule has 8 nitrogen and oxygen atoms in total. The first-order valence-corrected chi connectivity index (χ1v) is 20.4. The third-order valence-corrected chi connectivity index (χ3v) is 10.1. The van der Waals surface area contributed by atoms with Gasteiger partial charge >= 0.3 is 6.03 Å². The van der Waals surface area contributed by atoms with Crippen molar-refractivity contribution in [3.8, 4) is 0 Å². The number of nitrogens with one attached hydrogen (secondary N) is 1. The van der Waals surface area contributed by atoms with Crippen molar-refractivity contribution in [1.82, 2.24) is 10.2 Å². The third kappa shape index (κ3) is 21.7. The van der Waals surface area contributed by atoms with Crippen LogP contribution >= 0.6 is 0 Å². The highest BCUT2D eigenvalue weighted by molar-refractivity contribution is 5.74. The lowest BCUT2D eigenvalue weighted by Crippen LogP contribution is -2.67. The van der Waals surface area contributed by atoms with Crippen molar-refractivity contribution in [2.45, 2.75) is 224 Å². The van der Waals surface area contributed by atoms with E-state index in [1.807, 2.05) is 0 Å². The van der Waals surface area contributed by atoms with Gasteiger partial charge in [-0.1, -0.05) is 181 Å². The number of carbonyl (C=O) groups is 1. The summed E-state index contributed by atoms with van der Waals surface area (Å²) >= 11 is 0. The zero-order chi connectivity index (χ0) is 34.4. The molecule has 1 rings (SSSR count). The summed E-state index contributed by atoms with van der Waals surface area (Å²) in [5.74, 6) is 0. The van der Waals surface area contributed by atoms with Crippen molar-refractivity contribution in [2.24, 2.45) is 5.73 Å². The number of rotatable bonds is 32. The average molecular weight is 670 g/mol. The topological polar surface area (TPSA) is 128 Å². The Morgan fingerprint density at radius 1 is 0.596 bits per heavy atom. The molecule has 0 aromatic carbocycles. The van der Waals surface area contributed by atoms with Crippen LogP contribution in [-0.2, 0) is 4.74 Å². The highest BCUT2D eigenvalue weighted by Crippen LogP contribution is 2.24. The van der Waals surface area contributed by atoms with Crippen LogP contribution in [-0.4, -0.2) is 76.5 Å². The molecule has 2 amide bonds. The van der Waals surface area contributed by atoms with Gasteiger partial charge in [0.05, 0.1) is 12.6 Å². The quantitative estimate of drug-likeness (QED) is 0.0456. The zero-order valence-electron chi connectivity index (χ0n) is 31.0. The van der Waals surface area contributed by atoms with E-state index in [0.717, 1.165) is 32.1 Å². The molecule has 0 bridgehead atoms. The van der Waals surface area contributed by atoms with Gasteiger partial charge in [0.2, 0.25) is 0 Å². The molecule has 0 saturated carbocycles. The van der Waals surface area contributed by atoms with E-state index in [4.69, 9.17) is 10.5 Å². The summed E-state index contributed by atoms with van der Waals surface area (Å²) in [7, 11) is 0. The Hall–Kier alpha value is -0.930. The van der Waals surface area contributed by atoms with Crippen LogP contribution in [0.2, 0.25) is 0 Å². The minimum atomic E-state index is -1.28. The molecule has 1 aliphatic rings. The number of hydrogen-bond acceptors (Lipinski definition) is 6. The van der Waals surface area contributed by atoms with Crippen LogP contribution in [0.5, 0.6) is 0 Å². The first kappa shape index (κ1) is 44.1. The predicted octanol–water partition coefficient (Wildman–Crippen LogP) is 8.73. The molecule has 0 radical (unpaired) electrons. The fourth-order valence-corrected chi connectivity index (χ4v) is 6.84. The molecule has 0 aromatic rings. The smallest absolute Gasteiger partial charge is 0.319 e. The van der Waals surface area contributed by atoms with E-state index in [2.05, 4.69) is 19.2 Å². The molecule has 280 valence electrons. The third-order valence-electron chi connectivity index (χ3n) is 10.1. The summed E-state index contributed by atoms with van der Waals surface area (Å²) in [4.78, 5) is 14.9. The van der Waals surface area contributed by atoms with E-state index in [0.29, 0.717) is 13.1 Å². The van der Waals surface area contributed by atoms with Crippen molar-refractivity contribution in [3.05, 3.63) is 0 Å². The Balaban J connectivity index is 2.30. The average Bonchev–Trinajstić information content (AvgIpc) is 3.07. The standard InChI is InChI=1S/C39H79N3O5/c1-3-5-7-9-11-13-15-17-18-19-20-22-24-26-28-30-32-42(38-35(40)37(45)36(44)34(33-43)47-38)39(46)41-31-29-27-25-23-21-16-14-12-10-8-6-4-2/h34-38,43-45H,3-33,40H2,1-2H3,(H,41,46)/t34-,35-,36+,37-,38-/m1/s1. The minimum Gasteiger partial charge on any atom is -0.394 e. The summed E-state index contributed by atoms with van der Waals surface area (Å²) in [6.45, 7) is 5.13. The number of ether oxygens (including phenoxy) is 1. The fraction of sp³-hybridized carbons (Fsp3) is 0.974. The fourth-order valence-electron chi connectivity index (χ4n) is 6.84. The molecule has 1 saturated heterocycles. The number of carbonyl (C=O) groups excluding carboxylic acids is 1. The minimum absolute atomic E-state index is 0.255. The number of aliphatic hydroxyl groups excluding tert-OH is 3. The van der Waals surface area contributed by atoms with Crippen molar-refractivity contribution in [3.63, 3.8) is 0 Å². The van der Waals surface area contributed by atoms with E-state index in [-0.39, 0.29) is 6.03 Å². The number of nitrogens with two attached hydrogens (primary N) is 1. The summed E-state index contributed by atoms with van der Waals surface area (Å²) in [6, 6.07) is -1.21. The molecule has 0 unspecified atom stereocenters. The molecule has 1 aliphatic heterocycles. The van der Waals surface area contributed by atoms with E-state index in [1.165, 1.54) is 148 Å². The van der Waals surface area contributed by atoms with E-state index < -0.39 is 37.2 Å². The Morgan fingerprint density at radius 3 is 1.34 bits per heavy atom. The highest BCUT2D eigenvalue weighted by Gasteiger charge is 2.45. The molecule has 0 aromatic heterocycles. The normalized spacial score (nSPS) is 21.3. The number of unbranched alkanes of at least 4 members (excludes halogenated alkanes) is 26. The van der Waals surface area contributed by atoms with Gasteiger partial charge in [-0.25, -0.2) is 4.79 Å². The van der Waals surface area contributed by atoms with Gasteiger partial charge in [-0.05, 0) is 12.8 Å². The second kappa shape index (κ2) is 31.1. The largest absolute Gasteiger partial charge is 0.394 e. The maximum Gasteiger partial charge on any atom is 0.319 e. The van der Waals surface area contributed by atoms with Crippen LogP contribution < -0.4 is 11.1 Å². The summed E-state index contributed by atoms with van der Waals surface area (Å²) < 4.78 is 5.89. The van der Waals surface area contributed by atoms with Crippen LogP contribution in [0.4, 0.5) is 4.79 Å². The predicted molar refractivity (Wildman–Crippen MR) is 196 cm³/mol. The van der Waals surface area contributed by atoms with Crippen molar-refractivity contribution in [2.75, 3.05) is 19.7 Å². The molecule has 47 heavy (non-hydrogen) atoms. The molecule has 1 heterocycles. The van der Waals surface area contributed by atoms with Crippen LogP contribution in [0.15, 0.2) is 0 Å². The summed E-state index contributed by atoms with van der Waals surface area (Å²) in [5, 5.41) is 33.6. The monoisotopic (exact) mass is 670 g/mol. The first-order chi connectivity index (χ1) is 23.0. The van der Waals surface area contributed by atoms with Crippen molar-refractivity contribution < 1.29 is 24.9 Å². The Kier molecular flexibility index (Phi) is 29.2. The number of urea groups is 1. The molecule has 0 aliphatic carbocycles. The van der Waals surface area contributed by atoms with Gasteiger partial charge in [0, 0.05) is 13.1 Å². The zero-order valence-corrected chi connectivity index (χ0v) is 31.0. The number of nitrogens with zero attached hydrogens (tertiary/aromatic N) is 1. The SMILES string of the molecule is CCCCCCCCCCCCCCCCCCN(C(=O)NCCCCCCCCCCCCCC)[C@@H]1O[C@H](CO)[C@H](O)[C@H](O)[C@H]1N. The van der Waals surface area contributed by atoms with E-state index >= 15 is 0 Å². The van der Waals surface area contributed by atoms with Crippen LogP contribution in [0.1, 0.15) is 194 Å². The van der Waals surface area contributed by atoms with Crippen LogP contribution in [0.3, 0.4) is 0 Å². The van der Waals surface area contributed by atoms with Crippen LogP contribution in [0, 0.1) is 0 Å². The van der Waals surface area contributed by atoms with Gasteiger partial charge < -0.3 is 31.1 Å². The Labute approximate surface area is 290 Å². The Bertz CT molecular complexity index is 698. The van der Waals surface area contributed by atoms with Crippen molar-refractivity contribution >= 4 is 6.03 Å². The second-order valence-electron chi connectivity index (χ2n) is 14.4. The molecule has 1 fully saturated rings. The number of aliphatic hydroxyl groups is 3. The molecular formula is C39H79N3O5. The Morgan fingerprint density at radius 2 is 0.957 bits per heavy atom. The maximum absolute atomic E-state index is 13.3. The van der Waals surface area contributed by atoms with Gasteiger partial charge in [-0.3, -0.25) is 4.90 Å².